The van der Waals surface area contributed by atoms with E-state index in [1.807, 2.05) is 19.1 Å². The number of nitrogens with zero attached hydrogens (tertiary/aromatic N) is 2. The second kappa shape index (κ2) is 11.7. The maximum atomic E-state index is 13.4. The molecule has 0 bridgehead atoms. The Morgan fingerprint density at radius 3 is 1.83 bits per heavy atom. The number of halogens is 1. The van der Waals surface area contributed by atoms with Gasteiger partial charge in [-0.1, -0.05) is 57.9 Å². The monoisotopic (exact) mass is 593 g/mol. The summed E-state index contributed by atoms with van der Waals surface area (Å²) in [4.78, 5) is 13.0. The van der Waals surface area contributed by atoms with E-state index in [4.69, 9.17) is 0 Å². The van der Waals surface area contributed by atoms with Gasteiger partial charge in [0.1, 0.15) is 0 Å². The van der Waals surface area contributed by atoms with E-state index in [0.29, 0.717) is 5.56 Å². The molecule has 0 heterocycles. The average Bonchev–Trinajstić information content (AvgIpc) is 2.84. The Morgan fingerprint density at radius 2 is 1.28 bits per heavy atom. The normalized spacial score (nSPS) is 12.2. The minimum Gasteiger partial charge on any atom is -0.351 e. The van der Waals surface area contributed by atoms with Gasteiger partial charge in [0.05, 0.1) is 16.3 Å². The first kappa shape index (κ1) is 28.0. The van der Waals surface area contributed by atoms with Crippen LogP contribution in [0.25, 0.3) is 0 Å². The SMILES string of the molecule is Cc1ccc(S(=O)(=O)N(CC(=O)NCc2ccc(S(=O)(=O)N(C)C)cc2)Cc2ccc(Br)cc2)cc1. The molecule has 0 saturated heterocycles. The molecule has 192 valence electrons. The molecule has 0 unspecified atom stereocenters. The van der Waals surface area contributed by atoms with Crippen LogP contribution in [-0.2, 0) is 37.9 Å². The first-order chi connectivity index (χ1) is 16.9. The Labute approximate surface area is 221 Å². The van der Waals surface area contributed by atoms with Crippen LogP contribution in [0.3, 0.4) is 0 Å². The lowest BCUT2D eigenvalue weighted by Gasteiger charge is -2.22. The highest BCUT2D eigenvalue weighted by atomic mass is 79.9. The number of carbonyl (C=O) groups is 1. The molecule has 3 rings (SSSR count). The summed E-state index contributed by atoms with van der Waals surface area (Å²) in [6.45, 7) is 1.64. The van der Waals surface area contributed by atoms with Crippen molar-refractivity contribution in [2.75, 3.05) is 20.6 Å². The second-order valence-electron chi connectivity index (χ2n) is 8.42. The van der Waals surface area contributed by atoms with Gasteiger partial charge >= 0.3 is 0 Å². The standard InChI is InChI=1S/C25H28BrN3O5S2/c1-19-4-12-24(13-5-19)36(33,34)29(17-21-6-10-22(26)11-7-21)18-25(30)27-16-20-8-14-23(15-9-20)35(31,32)28(2)3/h4-15H,16-18H2,1-3H3,(H,27,30). The van der Waals surface area contributed by atoms with Crippen molar-refractivity contribution in [3.8, 4) is 0 Å². The van der Waals surface area contributed by atoms with Crippen LogP contribution in [0.15, 0.2) is 87.1 Å². The van der Waals surface area contributed by atoms with Crippen molar-refractivity contribution in [3.05, 3.63) is 94.0 Å². The van der Waals surface area contributed by atoms with Gasteiger partial charge in [-0.2, -0.15) is 4.31 Å². The molecule has 11 heteroatoms. The van der Waals surface area contributed by atoms with E-state index in [0.717, 1.165) is 24.2 Å². The van der Waals surface area contributed by atoms with Crippen LogP contribution in [0.1, 0.15) is 16.7 Å². The zero-order chi connectivity index (χ0) is 26.5. The van der Waals surface area contributed by atoms with Gasteiger partial charge in [-0.25, -0.2) is 21.1 Å². The second-order valence-corrected chi connectivity index (χ2v) is 13.4. The molecule has 0 aliphatic rings. The Bertz CT molecular complexity index is 1410. The van der Waals surface area contributed by atoms with Crippen LogP contribution < -0.4 is 5.32 Å². The van der Waals surface area contributed by atoms with Crippen LogP contribution >= 0.6 is 15.9 Å². The molecular weight excluding hydrogens is 566 g/mol. The summed E-state index contributed by atoms with van der Waals surface area (Å²) in [7, 11) is -4.59. The zero-order valence-electron chi connectivity index (χ0n) is 20.2. The summed E-state index contributed by atoms with van der Waals surface area (Å²) in [5.41, 5.74) is 2.34. The third-order valence-electron chi connectivity index (χ3n) is 5.44. The number of carbonyl (C=O) groups excluding carboxylic acids is 1. The third kappa shape index (κ3) is 7.01. The number of rotatable bonds is 10. The van der Waals surface area contributed by atoms with E-state index >= 15 is 0 Å². The highest BCUT2D eigenvalue weighted by molar-refractivity contribution is 9.10. The first-order valence-corrected chi connectivity index (χ1v) is 14.7. The van der Waals surface area contributed by atoms with Gasteiger partial charge < -0.3 is 5.32 Å². The summed E-state index contributed by atoms with van der Waals surface area (Å²) >= 11 is 3.37. The average molecular weight is 595 g/mol. The van der Waals surface area contributed by atoms with Gasteiger partial charge in [0.25, 0.3) is 0 Å². The predicted octanol–water partition coefficient (Wildman–Crippen LogP) is 3.52. The molecule has 3 aromatic rings. The third-order valence-corrected chi connectivity index (χ3v) is 9.61. The fraction of sp³-hybridized carbons (Fsp3) is 0.240. The van der Waals surface area contributed by atoms with Crippen LogP contribution in [0.4, 0.5) is 0 Å². The van der Waals surface area contributed by atoms with Crippen LogP contribution in [0.5, 0.6) is 0 Å². The molecule has 0 radical (unpaired) electrons. The van der Waals surface area contributed by atoms with Gasteiger partial charge in [-0.15, -0.1) is 0 Å². The van der Waals surface area contributed by atoms with E-state index < -0.39 is 26.0 Å². The Kier molecular flexibility index (Phi) is 9.07. The molecule has 0 fully saturated rings. The molecule has 0 spiro atoms. The highest BCUT2D eigenvalue weighted by Crippen LogP contribution is 2.20. The molecule has 0 saturated carbocycles. The largest absolute Gasteiger partial charge is 0.351 e. The summed E-state index contributed by atoms with van der Waals surface area (Å²) in [5, 5.41) is 2.73. The fourth-order valence-electron chi connectivity index (χ4n) is 3.29. The van der Waals surface area contributed by atoms with E-state index in [9.17, 15) is 21.6 Å². The van der Waals surface area contributed by atoms with Gasteiger partial charge in [0.15, 0.2) is 0 Å². The number of amides is 1. The summed E-state index contributed by atoms with van der Waals surface area (Å²) < 4.78 is 54.3. The Hall–Kier alpha value is -2.57. The number of aryl methyl sites for hydroxylation is 1. The van der Waals surface area contributed by atoms with Gasteiger partial charge in [0, 0.05) is 31.7 Å². The molecular formula is C25H28BrN3O5S2. The van der Waals surface area contributed by atoms with Gasteiger partial charge in [-0.05, 0) is 54.4 Å². The molecule has 0 aliphatic heterocycles. The van der Waals surface area contributed by atoms with Crippen LogP contribution in [0, 0.1) is 6.92 Å². The van der Waals surface area contributed by atoms with Crippen LogP contribution in [0.2, 0.25) is 0 Å². The number of nitrogens with one attached hydrogen (secondary N) is 1. The smallest absolute Gasteiger partial charge is 0.243 e. The number of hydrogen-bond donors (Lipinski definition) is 1. The lowest BCUT2D eigenvalue weighted by molar-refractivity contribution is -0.121. The fourth-order valence-corrected chi connectivity index (χ4v) is 5.84. The van der Waals surface area contributed by atoms with Crippen LogP contribution in [-0.4, -0.2) is 52.0 Å². The maximum absolute atomic E-state index is 13.4. The van der Waals surface area contributed by atoms with E-state index in [2.05, 4.69) is 21.2 Å². The van der Waals surface area contributed by atoms with Crippen molar-refractivity contribution in [2.24, 2.45) is 0 Å². The molecule has 3 aromatic carbocycles. The lowest BCUT2D eigenvalue weighted by atomic mass is 10.2. The number of hydrogen-bond acceptors (Lipinski definition) is 5. The Balaban J connectivity index is 1.75. The molecule has 8 nitrogen and oxygen atoms in total. The van der Waals surface area contributed by atoms with Crippen molar-refractivity contribution in [1.82, 2.24) is 13.9 Å². The lowest BCUT2D eigenvalue weighted by Crippen LogP contribution is -2.40. The van der Waals surface area contributed by atoms with Crippen molar-refractivity contribution in [1.29, 1.82) is 0 Å². The quantitative estimate of drug-likeness (QED) is 0.387. The van der Waals surface area contributed by atoms with E-state index in [1.165, 1.54) is 38.4 Å². The van der Waals surface area contributed by atoms with Crippen molar-refractivity contribution < 1.29 is 21.6 Å². The topological polar surface area (TPSA) is 104 Å². The molecule has 36 heavy (non-hydrogen) atoms. The van der Waals surface area contributed by atoms with Crippen molar-refractivity contribution >= 4 is 41.9 Å². The molecule has 1 amide bonds. The highest BCUT2D eigenvalue weighted by Gasteiger charge is 2.27. The zero-order valence-corrected chi connectivity index (χ0v) is 23.4. The minimum absolute atomic E-state index is 0.0218. The molecule has 0 atom stereocenters. The van der Waals surface area contributed by atoms with E-state index in [-0.39, 0.29) is 29.4 Å². The number of benzene rings is 3. The van der Waals surface area contributed by atoms with E-state index in [1.54, 1.807) is 36.4 Å². The predicted molar refractivity (Wildman–Crippen MR) is 142 cm³/mol. The summed E-state index contributed by atoms with van der Waals surface area (Å²) in [6, 6.07) is 19.9. The first-order valence-electron chi connectivity index (χ1n) is 11.0. The van der Waals surface area contributed by atoms with Crippen molar-refractivity contribution in [3.63, 3.8) is 0 Å². The van der Waals surface area contributed by atoms with Gasteiger partial charge in [0.2, 0.25) is 26.0 Å². The molecule has 0 aliphatic carbocycles. The summed E-state index contributed by atoms with van der Waals surface area (Å²) in [5.74, 6) is -0.479. The molecule has 1 N–H and O–H groups in total. The minimum atomic E-state index is -3.94. The molecule has 0 aromatic heterocycles. The summed E-state index contributed by atoms with van der Waals surface area (Å²) in [6.07, 6.45) is 0. The Morgan fingerprint density at radius 1 is 0.778 bits per heavy atom. The van der Waals surface area contributed by atoms with Gasteiger partial charge in [-0.3, -0.25) is 4.79 Å². The van der Waals surface area contributed by atoms with Crippen molar-refractivity contribution in [2.45, 2.75) is 29.8 Å². The number of sulfonamides is 2. The maximum Gasteiger partial charge on any atom is 0.243 e.